The monoisotopic (exact) mass is 395 g/mol. The fourth-order valence-corrected chi connectivity index (χ4v) is 4.34. The van der Waals surface area contributed by atoms with Crippen molar-refractivity contribution in [1.29, 1.82) is 0 Å². The summed E-state index contributed by atoms with van der Waals surface area (Å²) in [6, 6.07) is 8.06. The highest BCUT2D eigenvalue weighted by molar-refractivity contribution is 7.89. The van der Waals surface area contributed by atoms with Gasteiger partial charge in [-0.15, -0.1) is 0 Å². The molecule has 2 heterocycles. The van der Waals surface area contributed by atoms with Crippen LogP contribution in [0.3, 0.4) is 0 Å². The van der Waals surface area contributed by atoms with Gasteiger partial charge in [-0.05, 0) is 25.0 Å². The van der Waals surface area contributed by atoms with E-state index in [1.54, 1.807) is 28.0 Å². The molecule has 1 unspecified atom stereocenters. The first-order valence-corrected chi connectivity index (χ1v) is 10.7. The molecular weight excluding hydrogens is 370 g/mol. The van der Waals surface area contributed by atoms with Crippen molar-refractivity contribution in [2.45, 2.75) is 30.3 Å². The van der Waals surface area contributed by atoms with E-state index in [0.717, 1.165) is 12.8 Å². The smallest absolute Gasteiger partial charge is 0.251 e. The van der Waals surface area contributed by atoms with Crippen LogP contribution in [0.25, 0.3) is 0 Å². The predicted octanol–water partition coefficient (Wildman–Crippen LogP) is 0.205. The second kappa shape index (κ2) is 8.81. The van der Waals surface area contributed by atoms with Crippen LogP contribution in [0.2, 0.25) is 0 Å². The molecule has 8 nitrogen and oxygen atoms in total. The lowest BCUT2D eigenvalue weighted by Gasteiger charge is -2.35. The number of nitrogens with zero attached hydrogens (tertiary/aromatic N) is 2. The molecule has 0 aliphatic carbocycles. The average molecular weight is 395 g/mol. The van der Waals surface area contributed by atoms with Crippen LogP contribution < -0.4 is 4.72 Å². The minimum absolute atomic E-state index is 0.00946. The first kappa shape index (κ1) is 19.8. The number of benzene rings is 1. The molecule has 1 N–H and O–H groups in total. The zero-order valence-electron chi connectivity index (χ0n) is 15.2. The van der Waals surface area contributed by atoms with Gasteiger partial charge in [0.2, 0.25) is 15.9 Å². The number of hydrogen-bond acceptors (Lipinski definition) is 5. The SMILES string of the molecule is O=C(CCNS(=O)(=O)c1ccccc1)N1CCN(C(=O)C2CCCO2)CC1. The summed E-state index contributed by atoms with van der Waals surface area (Å²) in [6.07, 6.45) is 1.43. The van der Waals surface area contributed by atoms with E-state index < -0.39 is 10.0 Å². The Morgan fingerprint density at radius 1 is 1.07 bits per heavy atom. The first-order valence-electron chi connectivity index (χ1n) is 9.20. The van der Waals surface area contributed by atoms with Crippen molar-refractivity contribution in [2.75, 3.05) is 39.3 Å². The highest BCUT2D eigenvalue weighted by Crippen LogP contribution is 2.16. The molecule has 2 saturated heterocycles. The Hall–Kier alpha value is -1.97. The largest absolute Gasteiger partial charge is 0.368 e. The molecule has 9 heteroatoms. The Morgan fingerprint density at radius 2 is 1.74 bits per heavy atom. The molecule has 2 aliphatic heterocycles. The first-order chi connectivity index (χ1) is 13.0. The molecule has 2 fully saturated rings. The number of rotatable bonds is 6. The summed E-state index contributed by atoms with van der Waals surface area (Å²) in [7, 11) is -3.60. The van der Waals surface area contributed by atoms with Gasteiger partial charge in [-0.3, -0.25) is 9.59 Å². The molecule has 0 saturated carbocycles. The molecule has 0 radical (unpaired) electrons. The van der Waals surface area contributed by atoms with Crippen molar-refractivity contribution in [3.8, 4) is 0 Å². The Balaban J connectivity index is 1.41. The van der Waals surface area contributed by atoms with Gasteiger partial charge in [-0.2, -0.15) is 0 Å². The van der Waals surface area contributed by atoms with Crippen LogP contribution in [0.5, 0.6) is 0 Å². The normalized spacial score (nSPS) is 20.7. The van der Waals surface area contributed by atoms with Crippen molar-refractivity contribution in [3.05, 3.63) is 30.3 Å². The van der Waals surface area contributed by atoms with Crippen molar-refractivity contribution >= 4 is 21.8 Å². The van der Waals surface area contributed by atoms with Gasteiger partial charge in [-0.25, -0.2) is 13.1 Å². The lowest BCUT2D eigenvalue weighted by atomic mass is 10.2. The Morgan fingerprint density at radius 3 is 2.37 bits per heavy atom. The van der Waals surface area contributed by atoms with Gasteiger partial charge < -0.3 is 14.5 Å². The van der Waals surface area contributed by atoms with Crippen molar-refractivity contribution in [1.82, 2.24) is 14.5 Å². The van der Waals surface area contributed by atoms with E-state index >= 15 is 0 Å². The molecule has 2 amide bonds. The number of amides is 2. The van der Waals surface area contributed by atoms with E-state index in [1.807, 2.05) is 0 Å². The molecule has 27 heavy (non-hydrogen) atoms. The van der Waals surface area contributed by atoms with E-state index in [0.29, 0.717) is 32.8 Å². The Kier molecular flexibility index (Phi) is 6.46. The number of carbonyl (C=O) groups excluding carboxylic acids is 2. The summed E-state index contributed by atoms with van der Waals surface area (Å²) in [5, 5.41) is 0. The molecule has 1 aromatic rings. The molecular formula is C18H25N3O5S. The number of carbonyl (C=O) groups is 2. The van der Waals surface area contributed by atoms with Crippen LogP contribution >= 0.6 is 0 Å². The molecule has 0 spiro atoms. The molecule has 2 aliphatic rings. The summed E-state index contributed by atoms with van der Waals surface area (Å²) in [5.41, 5.74) is 0. The minimum atomic E-state index is -3.60. The van der Waals surface area contributed by atoms with Crippen LogP contribution in [-0.4, -0.2) is 75.5 Å². The van der Waals surface area contributed by atoms with Crippen molar-refractivity contribution in [3.63, 3.8) is 0 Å². The van der Waals surface area contributed by atoms with Crippen LogP contribution in [0, 0.1) is 0 Å². The van der Waals surface area contributed by atoms with Gasteiger partial charge in [0.25, 0.3) is 5.91 Å². The molecule has 148 valence electrons. The van der Waals surface area contributed by atoms with E-state index in [9.17, 15) is 18.0 Å². The standard InChI is InChI=1S/C18H25N3O5S/c22-17(8-9-19-27(24,25)15-5-2-1-3-6-15)20-10-12-21(13-11-20)18(23)16-7-4-14-26-16/h1-3,5-6,16,19H,4,7-14H2. The third-order valence-corrected chi connectivity index (χ3v) is 6.31. The van der Waals surface area contributed by atoms with E-state index in [1.165, 1.54) is 12.1 Å². The van der Waals surface area contributed by atoms with Gasteiger partial charge in [0, 0.05) is 45.8 Å². The zero-order valence-corrected chi connectivity index (χ0v) is 16.0. The lowest BCUT2D eigenvalue weighted by Crippen LogP contribution is -2.53. The summed E-state index contributed by atoms with van der Waals surface area (Å²) < 4.78 is 32.2. The van der Waals surface area contributed by atoms with Crippen molar-refractivity contribution < 1.29 is 22.7 Å². The number of nitrogens with one attached hydrogen (secondary N) is 1. The number of hydrogen-bond donors (Lipinski definition) is 1. The van der Waals surface area contributed by atoms with Gasteiger partial charge >= 0.3 is 0 Å². The average Bonchev–Trinajstić information content (AvgIpc) is 3.23. The maximum Gasteiger partial charge on any atom is 0.251 e. The summed E-state index contributed by atoms with van der Waals surface area (Å²) in [5.74, 6) is -0.106. The number of sulfonamides is 1. The molecule has 1 aromatic carbocycles. The third kappa shape index (κ3) is 5.06. The molecule has 0 bridgehead atoms. The quantitative estimate of drug-likeness (QED) is 0.743. The highest BCUT2D eigenvalue weighted by atomic mass is 32.2. The van der Waals surface area contributed by atoms with Gasteiger partial charge in [0.15, 0.2) is 0 Å². The molecule has 1 atom stereocenters. The van der Waals surface area contributed by atoms with Gasteiger partial charge in [0.05, 0.1) is 4.90 Å². The fraction of sp³-hybridized carbons (Fsp3) is 0.556. The maximum atomic E-state index is 12.3. The topological polar surface area (TPSA) is 96.0 Å². The fourth-order valence-electron chi connectivity index (χ4n) is 3.29. The summed E-state index contributed by atoms with van der Waals surface area (Å²) in [4.78, 5) is 28.2. The van der Waals surface area contributed by atoms with Gasteiger partial charge in [-0.1, -0.05) is 18.2 Å². The second-order valence-corrected chi connectivity index (χ2v) is 8.44. The van der Waals surface area contributed by atoms with Gasteiger partial charge in [0.1, 0.15) is 6.10 Å². The zero-order chi connectivity index (χ0) is 19.3. The Bertz CT molecular complexity index is 754. The summed E-state index contributed by atoms with van der Waals surface area (Å²) in [6.45, 7) is 2.57. The predicted molar refractivity (Wildman–Crippen MR) is 98.4 cm³/mol. The maximum absolute atomic E-state index is 12.3. The van der Waals surface area contributed by atoms with E-state index in [4.69, 9.17) is 4.74 Å². The lowest BCUT2D eigenvalue weighted by molar-refractivity contribution is -0.145. The number of ether oxygens (including phenoxy) is 1. The second-order valence-electron chi connectivity index (χ2n) is 6.67. The van der Waals surface area contributed by atoms with E-state index in [-0.39, 0.29) is 35.8 Å². The molecule has 0 aromatic heterocycles. The van der Waals surface area contributed by atoms with Crippen LogP contribution in [0.15, 0.2) is 35.2 Å². The Labute approximate surface area is 159 Å². The highest BCUT2D eigenvalue weighted by Gasteiger charge is 2.31. The minimum Gasteiger partial charge on any atom is -0.368 e. The third-order valence-electron chi connectivity index (χ3n) is 4.83. The molecule has 3 rings (SSSR count). The number of piperazine rings is 1. The van der Waals surface area contributed by atoms with Crippen LogP contribution in [-0.2, 0) is 24.3 Å². The van der Waals surface area contributed by atoms with Crippen LogP contribution in [0.4, 0.5) is 0 Å². The van der Waals surface area contributed by atoms with E-state index in [2.05, 4.69) is 4.72 Å². The van der Waals surface area contributed by atoms with Crippen molar-refractivity contribution in [2.24, 2.45) is 0 Å². The summed E-state index contributed by atoms with van der Waals surface area (Å²) >= 11 is 0. The van der Waals surface area contributed by atoms with Crippen LogP contribution in [0.1, 0.15) is 19.3 Å².